The summed E-state index contributed by atoms with van der Waals surface area (Å²) in [6.07, 6.45) is 4.15. The zero-order valence-electron chi connectivity index (χ0n) is 14.1. The van der Waals surface area contributed by atoms with Crippen molar-refractivity contribution in [3.05, 3.63) is 52.7 Å². The fourth-order valence-electron chi connectivity index (χ4n) is 3.19. The number of aliphatic imine (C=N–C) groups is 1. The summed E-state index contributed by atoms with van der Waals surface area (Å²) < 4.78 is 35.8. The first-order valence-corrected chi connectivity index (χ1v) is 8.30. The van der Waals surface area contributed by atoms with E-state index in [9.17, 15) is 5.21 Å². The maximum atomic E-state index is 15.1. The topological polar surface area (TPSA) is 45.1 Å². The van der Waals surface area contributed by atoms with Crippen LogP contribution >= 0.6 is 11.6 Å². The molecule has 25 heavy (non-hydrogen) atoms. The van der Waals surface area contributed by atoms with Crippen molar-refractivity contribution in [2.45, 2.75) is 38.2 Å². The molecule has 2 aliphatic rings. The van der Waals surface area contributed by atoms with Gasteiger partial charge < -0.3 is 4.74 Å². The van der Waals surface area contributed by atoms with Gasteiger partial charge in [-0.3, -0.25) is 5.21 Å². The number of hydrogen-bond acceptors (Lipinski definition) is 4. The van der Waals surface area contributed by atoms with E-state index in [0.29, 0.717) is 10.7 Å². The lowest BCUT2D eigenvalue weighted by Gasteiger charge is -2.45. The minimum Gasteiger partial charge on any atom is -0.377 e. The van der Waals surface area contributed by atoms with Crippen LogP contribution in [0.15, 0.2) is 47.1 Å². The summed E-state index contributed by atoms with van der Waals surface area (Å²) in [7, 11) is 0. The molecule has 2 aliphatic heterocycles. The van der Waals surface area contributed by atoms with Crippen LogP contribution in [0.25, 0.3) is 0 Å². The molecule has 1 N–H and O–H groups in total. The molecular formula is C18H19ClF2N2O2. The first-order valence-electron chi connectivity index (χ1n) is 7.92. The van der Waals surface area contributed by atoms with Gasteiger partial charge in [-0.05, 0) is 43.7 Å². The van der Waals surface area contributed by atoms with Gasteiger partial charge in [-0.15, -0.1) is 0 Å². The Kier molecular flexibility index (Phi) is 4.47. The van der Waals surface area contributed by atoms with Gasteiger partial charge in [0.05, 0.1) is 18.4 Å². The molecule has 3 rings (SSSR count). The smallest absolute Gasteiger partial charge is 0.261 e. The second-order valence-corrected chi connectivity index (χ2v) is 6.95. The van der Waals surface area contributed by atoms with Crippen LogP contribution in [0.2, 0.25) is 5.02 Å². The molecule has 0 radical (unpaired) electrons. The van der Waals surface area contributed by atoms with E-state index < -0.39 is 11.3 Å². The van der Waals surface area contributed by atoms with Crippen LogP contribution in [0.1, 0.15) is 26.3 Å². The highest BCUT2D eigenvalue weighted by molar-refractivity contribution is 6.30. The second-order valence-electron chi connectivity index (χ2n) is 6.52. The molecule has 134 valence electrons. The summed E-state index contributed by atoms with van der Waals surface area (Å²) in [5, 5.41) is 11.2. The average Bonchev–Trinajstić information content (AvgIpc) is 2.51. The molecule has 0 saturated heterocycles. The standard InChI is InChI=1S/C18H19ClF2N2O2/c1-11(2)25-10-18(17(3,20)21)13-5-4-8-23(24)16(13)22-15-7-6-12(19)9-14(15)18/h4-9,11,24H,10H2,1-3H3/t18-/m0/s1. The Hall–Kier alpha value is -1.76. The van der Waals surface area contributed by atoms with Crippen LogP contribution in [0, 0.1) is 0 Å². The van der Waals surface area contributed by atoms with Gasteiger partial charge in [0.2, 0.25) is 0 Å². The molecule has 2 heterocycles. The Morgan fingerprint density at radius 1 is 1.40 bits per heavy atom. The molecule has 1 aromatic rings. The molecule has 0 saturated carbocycles. The van der Waals surface area contributed by atoms with Gasteiger partial charge in [-0.25, -0.2) is 18.8 Å². The third-order valence-corrected chi connectivity index (χ3v) is 4.67. The van der Waals surface area contributed by atoms with E-state index in [1.165, 1.54) is 24.4 Å². The summed E-state index contributed by atoms with van der Waals surface area (Å²) in [5.41, 5.74) is -1.01. The highest BCUT2D eigenvalue weighted by Crippen LogP contribution is 2.53. The fraction of sp³-hybridized carbons (Fsp3) is 0.389. The lowest BCUT2D eigenvalue weighted by Crippen LogP contribution is -2.54. The van der Waals surface area contributed by atoms with Gasteiger partial charge in [-0.2, -0.15) is 0 Å². The zero-order chi connectivity index (χ0) is 18.4. The van der Waals surface area contributed by atoms with Crippen molar-refractivity contribution >= 4 is 23.1 Å². The summed E-state index contributed by atoms with van der Waals surface area (Å²) in [5.74, 6) is -3.13. The lowest BCUT2D eigenvalue weighted by atomic mass is 9.67. The molecule has 0 amide bonds. The molecule has 0 aromatic heterocycles. The molecule has 7 heteroatoms. The monoisotopic (exact) mass is 368 g/mol. The minimum atomic E-state index is -3.19. The van der Waals surface area contributed by atoms with Crippen molar-refractivity contribution in [1.82, 2.24) is 5.06 Å². The highest BCUT2D eigenvalue weighted by atomic mass is 35.5. The SMILES string of the molecule is CC(C)OC[C@]1(C(C)(F)F)C2=CC=CN(O)C2=Nc2ccc(Cl)cc21. The summed E-state index contributed by atoms with van der Waals surface area (Å²) in [4.78, 5) is 4.35. The number of fused-ring (bicyclic) bond motifs is 2. The Morgan fingerprint density at radius 3 is 2.76 bits per heavy atom. The van der Waals surface area contributed by atoms with Crippen LogP contribution in [-0.2, 0) is 10.2 Å². The number of hydroxylamine groups is 2. The Labute approximate surface area is 150 Å². The number of allylic oxidation sites excluding steroid dienone is 2. The van der Waals surface area contributed by atoms with Crippen LogP contribution in [0.4, 0.5) is 14.5 Å². The van der Waals surface area contributed by atoms with E-state index in [-0.39, 0.29) is 29.7 Å². The predicted molar refractivity (Wildman–Crippen MR) is 92.8 cm³/mol. The Balaban J connectivity index is 2.32. The number of nitrogens with zero attached hydrogens (tertiary/aromatic N) is 2. The van der Waals surface area contributed by atoms with E-state index in [1.54, 1.807) is 26.0 Å². The summed E-state index contributed by atoms with van der Waals surface area (Å²) >= 11 is 6.09. The first-order chi connectivity index (χ1) is 11.7. The van der Waals surface area contributed by atoms with Gasteiger partial charge in [0.15, 0.2) is 5.84 Å². The summed E-state index contributed by atoms with van der Waals surface area (Å²) in [6.45, 7) is 4.15. The van der Waals surface area contributed by atoms with E-state index >= 15 is 8.78 Å². The van der Waals surface area contributed by atoms with E-state index in [1.807, 2.05) is 0 Å². The lowest BCUT2D eigenvalue weighted by molar-refractivity contribution is -0.0881. The predicted octanol–water partition coefficient (Wildman–Crippen LogP) is 4.85. The number of amidine groups is 1. The van der Waals surface area contributed by atoms with Crippen molar-refractivity contribution in [3.63, 3.8) is 0 Å². The van der Waals surface area contributed by atoms with Gasteiger partial charge in [0.1, 0.15) is 5.41 Å². The maximum absolute atomic E-state index is 15.1. The Bertz CT molecular complexity index is 784. The first kappa shape index (κ1) is 18.0. The molecule has 0 fully saturated rings. The average molecular weight is 369 g/mol. The molecule has 1 aromatic carbocycles. The molecule has 1 atom stereocenters. The maximum Gasteiger partial charge on any atom is 0.261 e. The molecular weight excluding hydrogens is 350 g/mol. The molecule has 0 spiro atoms. The van der Waals surface area contributed by atoms with Gasteiger partial charge in [0, 0.05) is 23.7 Å². The van der Waals surface area contributed by atoms with Crippen molar-refractivity contribution < 1.29 is 18.7 Å². The highest BCUT2D eigenvalue weighted by Gasteiger charge is 2.58. The van der Waals surface area contributed by atoms with Gasteiger partial charge in [0.25, 0.3) is 5.92 Å². The van der Waals surface area contributed by atoms with E-state index in [2.05, 4.69) is 4.99 Å². The number of hydrogen-bond donors (Lipinski definition) is 1. The summed E-state index contributed by atoms with van der Waals surface area (Å²) in [6, 6.07) is 4.66. The van der Waals surface area contributed by atoms with Crippen LogP contribution in [-0.4, -0.2) is 34.7 Å². The minimum absolute atomic E-state index is 0.0613. The third-order valence-electron chi connectivity index (χ3n) is 4.44. The van der Waals surface area contributed by atoms with E-state index in [0.717, 1.165) is 12.0 Å². The van der Waals surface area contributed by atoms with Crippen LogP contribution in [0.3, 0.4) is 0 Å². The van der Waals surface area contributed by atoms with Crippen LogP contribution in [0.5, 0.6) is 0 Å². The van der Waals surface area contributed by atoms with Gasteiger partial charge >= 0.3 is 0 Å². The zero-order valence-corrected chi connectivity index (χ0v) is 14.9. The van der Waals surface area contributed by atoms with Crippen LogP contribution < -0.4 is 0 Å². The number of benzene rings is 1. The second kappa shape index (κ2) is 6.20. The largest absolute Gasteiger partial charge is 0.377 e. The number of rotatable bonds is 4. The molecule has 0 unspecified atom stereocenters. The third kappa shape index (κ3) is 2.88. The van der Waals surface area contributed by atoms with Gasteiger partial charge in [-0.1, -0.05) is 17.7 Å². The molecule has 0 aliphatic carbocycles. The number of halogens is 3. The number of alkyl halides is 2. The normalized spacial score (nSPS) is 22.5. The van der Waals surface area contributed by atoms with E-state index in [4.69, 9.17) is 16.3 Å². The fourth-order valence-corrected chi connectivity index (χ4v) is 3.36. The molecule has 0 bridgehead atoms. The van der Waals surface area contributed by atoms with Crippen molar-refractivity contribution in [3.8, 4) is 0 Å². The number of ether oxygens (including phenoxy) is 1. The van der Waals surface area contributed by atoms with Crippen molar-refractivity contribution in [2.75, 3.05) is 6.61 Å². The Morgan fingerprint density at radius 2 is 2.12 bits per heavy atom. The van der Waals surface area contributed by atoms with Crippen molar-refractivity contribution in [1.29, 1.82) is 0 Å². The van der Waals surface area contributed by atoms with Crippen molar-refractivity contribution in [2.24, 2.45) is 4.99 Å². The quantitative estimate of drug-likeness (QED) is 0.826. The molecule has 4 nitrogen and oxygen atoms in total.